The van der Waals surface area contributed by atoms with Crippen LogP contribution in [0.1, 0.15) is 11.1 Å². The number of aryl methyl sites for hydroxylation is 2. The van der Waals surface area contributed by atoms with Crippen molar-refractivity contribution in [3.8, 4) is 0 Å². The molecule has 0 bridgehead atoms. The first-order valence-corrected chi connectivity index (χ1v) is 9.75. The maximum atomic E-state index is 12.4. The van der Waals surface area contributed by atoms with Crippen molar-refractivity contribution < 1.29 is 9.59 Å². The van der Waals surface area contributed by atoms with E-state index in [0.717, 1.165) is 43.0 Å². The van der Waals surface area contributed by atoms with E-state index >= 15 is 0 Å². The summed E-state index contributed by atoms with van der Waals surface area (Å²) in [6.45, 7) is 16.3. The SMILES string of the molecule is C=CCN(CC=C)C(=O)CN1CCN(CC(=O)Nc2c(C)cccc2C)CC1. The highest BCUT2D eigenvalue weighted by Crippen LogP contribution is 2.19. The van der Waals surface area contributed by atoms with Gasteiger partial charge in [0.15, 0.2) is 0 Å². The van der Waals surface area contributed by atoms with Gasteiger partial charge in [0, 0.05) is 45.0 Å². The second-order valence-electron chi connectivity index (χ2n) is 7.24. The van der Waals surface area contributed by atoms with Crippen LogP contribution in [-0.4, -0.2) is 78.9 Å². The zero-order chi connectivity index (χ0) is 20.5. The Morgan fingerprint density at radius 3 is 2.00 bits per heavy atom. The molecule has 0 saturated carbocycles. The molecule has 6 nitrogen and oxygen atoms in total. The molecule has 1 fully saturated rings. The molecule has 2 rings (SSSR count). The van der Waals surface area contributed by atoms with E-state index in [9.17, 15) is 9.59 Å². The summed E-state index contributed by atoms with van der Waals surface area (Å²) in [6, 6.07) is 5.99. The van der Waals surface area contributed by atoms with Gasteiger partial charge < -0.3 is 10.2 Å². The molecule has 6 heteroatoms. The van der Waals surface area contributed by atoms with Gasteiger partial charge in [-0.05, 0) is 25.0 Å². The number of carbonyl (C=O) groups is 2. The number of nitrogens with one attached hydrogen (secondary N) is 1. The van der Waals surface area contributed by atoms with Crippen LogP contribution in [-0.2, 0) is 9.59 Å². The van der Waals surface area contributed by atoms with Crippen molar-refractivity contribution in [2.24, 2.45) is 0 Å². The van der Waals surface area contributed by atoms with Gasteiger partial charge in [-0.2, -0.15) is 0 Å². The molecule has 152 valence electrons. The van der Waals surface area contributed by atoms with E-state index in [1.807, 2.05) is 32.0 Å². The minimum atomic E-state index is 0.00469. The van der Waals surface area contributed by atoms with Gasteiger partial charge in [-0.25, -0.2) is 0 Å². The average molecular weight is 385 g/mol. The number of hydrogen-bond donors (Lipinski definition) is 1. The molecule has 1 aromatic rings. The molecule has 28 heavy (non-hydrogen) atoms. The molecule has 1 N–H and O–H groups in total. The van der Waals surface area contributed by atoms with Crippen molar-refractivity contribution in [3.63, 3.8) is 0 Å². The number of nitrogens with zero attached hydrogens (tertiary/aromatic N) is 3. The fourth-order valence-corrected chi connectivity index (χ4v) is 3.38. The normalized spacial score (nSPS) is 15.1. The van der Waals surface area contributed by atoms with Crippen molar-refractivity contribution in [2.75, 3.05) is 57.7 Å². The largest absolute Gasteiger partial charge is 0.334 e. The Hall–Kier alpha value is -2.44. The van der Waals surface area contributed by atoms with Crippen LogP contribution in [0.2, 0.25) is 0 Å². The van der Waals surface area contributed by atoms with E-state index in [1.54, 1.807) is 17.1 Å². The monoisotopic (exact) mass is 384 g/mol. The third-order valence-corrected chi connectivity index (χ3v) is 4.99. The molecule has 1 heterocycles. The minimum absolute atomic E-state index is 0.00469. The molecule has 0 aromatic heterocycles. The van der Waals surface area contributed by atoms with Crippen LogP contribution >= 0.6 is 0 Å². The topological polar surface area (TPSA) is 55.9 Å². The van der Waals surface area contributed by atoms with Crippen molar-refractivity contribution in [1.29, 1.82) is 0 Å². The summed E-state index contributed by atoms with van der Waals surface area (Å²) in [4.78, 5) is 30.9. The lowest BCUT2D eigenvalue weighted by atomic mass is 10.1. The number of benzene rings is 1. The van der Waals surface area contributed by atoms with E-state index in [-0.39, 0.29) is 11.8 Å². The summed E-state index contributed by atoms with van der Waals surface area (Å²) >= 11 is 0. The molecule has 1 aromatic carbocycles. The molecule has 0 radical (unpaired) electrons. The number of hydrogen-bond acceptors (Lipinski definition) is 4. The molecule has 0 unspecified atom stereocenters. The molecular weight excluding hydrogens is 352 g/mol. The van der Waals surface area contributed by atoms with Gasteiger partial charge in [-0.1, -0.05) is 30.4 Å². The van der Waals surface area contributed by atoms with E-state index < -0.39 is 0 Å². The second kappa shape index (κ2) is 10.8. The first-order valence-electron chi connectivity index (χ1n) is 9.75. The van der Waals surface area contributed by atoms with Gasteiger partial charge in [-0.3, -0.25) is 19.4 Å². The third kappa shape index (κ3) is 6.32. The Kier molecular flexibility index (Phi) is 8.42. The van der Waals surface area contributed by atoms with Crippen molar-refractivity contribution in [1.82, 2.24) is 14.7 Å². The van der Waals surface area contributed by atoms with E-state index in [0.29, 0.717) is 26.2 Å². The van der Waals surface area contributed by atoms with Crippen LogP contribution in [0.3, 0.4) is 0 Å². The average Bonchev–Trinajstić information content (AvgIpc) is 2.66. The molecule has 1 aliphatic heterocycles. The Labute approximate surface area is 168 Å². The predicted molar refractivity (Wildman–Crippen MR) is 114 cm³/mol. The Balaban J connectivity index is 1.78. The first-order chi connectivity index (χ1) is 13.4. The van der Waals surface area contributed by atoms with Gasteiger partial charge in [0.2, 0.25) is 11.8 Å². The molecule has 1 aliphatic rings. The van der Waals surface area contributed by atoms with Crippen LogP contribution in [0.15, 0.2) is 43.5 Å². The lowest BCUT2D eigenvalue weighted by Gasteiger charge is -2.34. The Morgan fingerprint density at radius 2 is 1.50 bits per heavy atom. The van der Waals surface area contributed by atoms with Gasteiger partial charge in [0.25, 0.3) is 0 Å². The summed E-state index contributed by atoms with van der Waals surface area (Å²) in [6.07, 6.45) is 3.46. The highest BCUT2D eigenvalue weighted by atomic mass is 16.2. The van der Waals surface area contributed by atoms with Gasteiger partial charge in [-0.15, -0.1) is 13.2 Å². The molecular formula is C22H32N4O2. The first kappa shape index (κ1) is 21.9. The second-order valence-corrected chi connectivity index (χ2v) is 7.24. The number of rotatable bonds is 9. The fraction of sp³-hybridized carbons (Fsp3) is 0.455. The zero-order valence-electron chi connectivity index (χ0n) is 17.1. The van der Waals surface area contributed by atoms with Crippen LogP contribution in [0, 0.1) is 13.8 Å². The Morgan fingerprint density at radius 1 is 1.00 bits per heavy atom. The summed E-state index contributed by atoms with van der Waals surface area (Å²) in [7, 11) is 0. The molecule has 1 saturated heterocycles. The van der Waals surface area contributed by atoms with Crippen LogP contribution in [0.5, 0.6) is 0 Å². The highest BCUT2D eigenvalue weighted by molar-refractivity contribution is 5.93. The zero-order valence-corrected chi connectivity index (χ0v) is 17.1. The van der Waals surface area contributed by atoms with Crippen LogP contribution in [0.25, 0.3) is 0 Å². The predicted octanol–water partition coefficient (Wildman–Crippen LogP) is 2.06. The van der Waals surface area contributed by atoms with E-state index in [4.69, 9.17) is 0 Å². The molecule has 2 amide bonds. The van der Waals surface area contributed by atoms with Crippen LogP contribution in [0.4, 0.5) is 5.69 Å². The third-order valence-electron chi connectivity index (χ3n) is 4.99. The summed E-state index contributed by atoms with van der Waals surface area (Å²) < 4.78 is 0. The van der Waals surface area contributed by atoms with Crippen molar-refractivity contribution in [3.05, 3.63) is 54.6 Å². The lowest BCUT2D eigenvalue weighted by Crippen LogP contribution is -2.51. The summed E-state index contributed by atoms with van der Waals surface area (Å²) in [5, 5.41) is 3.04. The maximum Gasteiger partial charge on any atom is 0.238 e. The highest BCUT2D eigenvalue weighted by Gasteiger charge is 2.22. The van der Waals surface area contributed by atoms with Gasteiger partial charge in [0.1, 0.15) is 0 Å². The van der Waals surface area contributed by atoms with Crippen molar-refractivity contribution >= 4 is 17.5 Å². The van der Waals surface area contributed by atoms with Crippen molar-refractivity contribution in [2.45, 2.75) is 13.8 Å². The number of para-hydroxylation sites is 1. The summed E-state index contributed by atoms with van der Waals surface area (Å²) in [5.41, 5.74) is 3.04. The number of anilines is 1. The number of amides is 2. The standard InChI is InChI=1S/C22H32N4O2/c1-5-10-26(11-6-2)21(28)17-25-14-12-24(13-15-25)16-20(27)23-22-18(3)8-7-9-19(22)4/h5-9H,1-2,10-17H2,3-4H3,(H,23,27). The minimum Gasteiger partial charge on any atom is -0.334 e. The maximum absolute atomic E-state index is 12.4. The van der Waals surface area contributed by atoms with E-state index in [2.05, 4.69) is 28.3 Å². The number of piperazine rings is 1. The van der Waals surface area contributed by atoms with Crippen LogP contribution < -0.4 is 5.32 Å². The smallest absolute Gasteiger partial charge is 0.238 e. The van der Waals surface area contributed by atoms with Gasteiger partial charge >= 0.3 is 0 Å². The molecule has 0 spiro atoms. The molecule has 0 atom stereocenters. The van der Waals surface area contributed by atoms with E-state index in [1.165, 1.54) is 0 Å². The number of carbonyl (C=O) groups excluding carboxylic acids is 2. The fourth-order valence-electron chi connectivity index (χ4n) is 3.38. The van der Waals surface area contributed by atoms with Gasteiger partial charge in [0.05, 0.1) is 13.1 Å². The summed E-state index contributed by atoms with van der Waals surface area (Å²) in [5.74, 6) is 0.0890. The quantitative estimate of drug-likeness (QED) is 0.662. The Bertz CT molecular complexity index is 678. The molecule has 0 aliphatic carbocycles. The lowest BCUT2D eigenvalue weighted by molar-refractivity contribution is -0.132.